The van der Waals surface area contributed by atoms with E-state index >= 15 is 0 Å². The number of carbonyl (C=O) groups excluding carboxylic acids is 1. The Bertz CT molecular complexity index is 212. The van der Waals surface area contributed by atoms with Crippen LogP contribution in [0.5, 0.6) is 0 Å². The highest BCUT2D eigenvalue weighted by Crippen LogP contribution is 2.18. The Morgan fingerprint density at radius 3 is 2.07 bits per heavy atom. The van der Waals surface area contributed by atoms with Gasteiger partial charge in [0.15, 0.2) is 0 Å². The first kappa shape index (κ1) is 12.5. The molecule has 1 aliphatic rings. The fourth-order valence-electron chi connectivity index (χ4n) is 1.97. The van der Waals surface area contributed by atoms with E-state index in [0.29, 0.717) is 5.91 Å². The SMILES string of the molecule is CCCN1CCN(C(=O)C(C)(C)C)CC1. The predicted molar refractivity (Wildman–Crippen MR) is 62.8 cm³/mol. The molecule has 1 rings (SSSR count). The molecule has 3 heteroatoms. The molecular formula is C12H24N2O. The Morgan fingerprint density at radius 2 is 1.67 bits per heavy atom. The Labute approximate surface area is 93.4 Å². The summed E-state index contributed by atoms with van der Waals surface area (Å²) >= 11 is 0. The Balaban J connectivity index is 2.41. The summed E-state index contributed by atoms with van der Waals surface area (Å²) in [5, 5.41) is 0. The Hall–Kier alpha value is -0.570. The van der Waals surface area contributed by atoms with Crippen LogP contribution < -0.4 is 0 Å². The molecule has 1 heterocycles. The van der Waals surface area contributed by atoms with Gasteiger partial charge in [0.25, 0.3) is 0 Å². The van der Waals surface area contributed by atoms with Crippen LogP contribution >= 0.6 is 0 Å². The van der Waals surface area contributed by atoms with Crippen molar-refractivity contribution in [3.05, 3.63) is 0 Å². The number of piperazine rings is 1. The van der Waals surface area contributed by atoms with E-state index in [1.165, 1.54) is 6.42 Å². The third kappa shape index (κ3) is 3.49. The zero-order valence-electron chi connectivity index (χ0n) is 10.5. The van der Waals surface area contributed by atoms with Crippen LogP contribution in [-0.4, -0.2) is 48.4 Å². The average molecular weight is 212 g/mol. The van der Waals surface area contributed by atoms with Crippen LogP contribution in [-0.2, 0) is 4.79 Å². The summed E-state index contributed by atoms with van der Waals surface area (Å²) in [5.74, 6) is 0.290. The van der Waals surface area contributed by atoms with Crippen molar-refractivity contribution in [2.24, 2.45) is 5.41 Å². The molecule has 0 aromatic carbocycles. The number of hydrogen-bond acceptors (Lipinski definition) is 2. The average Bonchev–Trinajstić information content (AvgIpc) is 2.17. The second kappa shape index (κ2) is 4.97. The van der Waals surface area contributed by atoms with Crippen LogP contribution in [0.4, 0.5) is 0 Å². The molecule has 1 aliphatic heterocycles. The number of hydrogen-bond donors (Lipinski definition) is 0. The molecule has 15 heavy (non-hydrogen) atoms. The highest BCUT2D eigenvalue weighted by molar-refractivity contribution is 5.81. The minimum absolute atomic E-state index is 0.229. The van der Waals surface area contributed by atoms with Crippen LogP contribution in [0, 0.1) is 5.41 Å². The lowest BCUT2D eigenvalue weighted by Crippen LogP contribution is -2.51. The zero-order chi connectivity index (χ0) is 11.5. The molecule has 0 radical (unpaired) electrons. The first-order valence-corrected chi connectivity index (χ1v) is 5.97. The third-order valence-electron chi connectivity index (χ3n) is 2.84. The molecule has 0 aromatic rings. The quantitative estimate of drug-likeness (QED) is 0.694. The molecule has 88 valence electrons. The molecule has 1 fully saturated rings. The molecule has 0 saturated carbocycles. The Kier molecular flexibility index (Phi) is 4.14. The van der Waals surface area contributed by atoms with Crippen LogP contribution in [0.1, 0.15) is 34.1 Å². The maximum atomic E-state index is 12.0. The maximum Gasteiger partial charge on any atom is 0.228 e. The second-order valence-corrected chi connectivity index (χ2v) is 5.38. The molecule has 0 unspecified atom stereocenters. The van der Waals surface area contributed by atoms with Gasteiger partial charge in [-0.05, 0) is 13.0 Å². The summed E-state index contributed by atoms with van der Waals surface area (Å²) in [6.07, 6.45) is 1.20. The number of amides is 1. The van der Waals surface area contributed by atoms with Gasteiger partial charge in [-0.15, -0.1) is 0 Å². The molecule has 0 atom stereocenters. The van der Waals surface area contributed by atoms with Gasteiger partial charge in [-0.2, -0.15) is 0 Å². The van der Waals surface area contributed by atoms with Gasteiger partial charge in [0.2, 0.25) is 5.91 Å². The highest BCUT2D eigenvalue weighted by Gasteiger charge is 2.29. The van der Waals surface area contributed by atoms with E-state index < -0.39 is 0 Å². The van der Waals surface area contributed by atoms with Crippen molar-refractivity contribution in [1.29, 1.82) is 0 Å². The van der Waals surface area contributed by atoms with Gasteiger partial charge in [-0.3, -0.25) is 9.69 Å². The fraction of sp³-hybridized carbons (Fsp3) is 0.917. The van der Waals surface area contributed by atoms with Crippen molar-refractivity contribution in [2.75, 3.05) is 32.7 Å². The fourth-order valence-corrected chi connectivity index (χ4v) is 1.97. The zero-order valence-corrected chi connectivity index (χ0v) is 10.5. The molecular weight excluding hydrogens is 188 g/mol. The monoisotopic (exact) mass is 212 g/mol. The van der Waals surface area contributed by atoms with Gasteiger partial charge in [0.05, 0.1) is 0 Å². The van der Waals surface area contributed by atoms with E-state index in [4.69, 9.17) is 0 Å². The van der Waals surface area contributed by atoms with E-state index in [2.05, 4.69) is 11.8 Å². The van der Waals surface area contributed by atoms with E-state index in [0.717, 1.165) is 32.7 Å². The predicted octanol–water partition coefficient (Wildman–Crippen LogP) is 1.59. The first-order valence-electron chi connectivity index (χ1n) is 5.97. The summed E-state index contributed by atoms with van der Waals surface area (Å²) in [6.45, 7) is 13.2. The summed E-state index contributed by atoms with van der Waals surface area (Å²) in [6, 6.07) is 0. The molecule has 3 nitrogen and oxygen atoms in total. The summed E-state index contributed by atoms with van der Waals surface area (Å²) in [7, 11) is 0. The van der Waals surface area contributed by atoms with Crippen molar-refractivity contribution in [1.82, 2.24) is 9.80 Å². The topological polar surface area (TPSA) is 23.6 Å². The largest absolute Gasteiger partial charge is 0.340 e. The van der Waals surface area contributed by atoms with Gasteiger partial charge in [-0.25, -0.2) is 0 Å². The lowest BCUT2D eigenvalue weighted by atomic mass is 9.94. The summed E-state index contributed by atoms with van der Waals surface area (Å²) < 4.78 is 0. The van der Waals surface area contributed by atoms with Crippen molar-refractivity contribution >= 4 is 5.91 Å². The lowest BCUT2D eigenvalue weighted by Gasteiger charge is -2.37. The smallest absolute Gasteiger partial charge is 0.228 e. The van der Waals surface area contributed by atoms with Crippen LogP contribution in [0.3, 0.4) is 0 Å². The second-order valence-electron chi connectivity index (χ2n) is 5.38. The van der Waals surface area contributed by atoms with E-state index in [1.54, 1.807) is 0 Å². The molecule has 0 bridgehead atoms. The third-order valence-corrected chi connectivity index (χ3v) is 2.84. The minimum atomic E-state index is -0.229. The van der Waals surface area contributed by atoms with Crippen LogP contribution in [0.25, 0.3) is 0 Å². The maximum absolute atomic E-state index is 12.0. The molecule has 0 aromatic heterocycles. The van der Waals surface area contributed by atoms with Gasteiger partial charge in [-0.1, -0.05) is 27.7 Å². The Morgan fingerprint density at radius 1 is 1.13 bits per heavy atom. The standard InChI is InChI=1S/C12H24N2O/c1-5-6-13-7-9-14(10-8-13)11(15)12(2,3)4/h5-10H2,1-4H3. The number of nitrogens with zero attached hydrogens (tertiary/aromatic N) is 2. The van der Waals surface area contributed by atoms with Crippen molar-refractivity contribution in [2.45, 2.75) is 34.1 Å². The van der Waals surface area contributed by atoms with Crippen LogP contribution in [0.15, 0.2) is 0 Å². The highest BCUT2D eigenvalue weighted by atomic mass is 16.2. The van der Waals surface area contributed by atoms with Crippen molar-refractivity contribution in [3.63, 3.8) is 0 Å². The summed E-state index contributed by atoms with van der Waals surface area (Å²) in [5.41, 5.74) is -0.229. The molecule has 1 saturated heterocycles. The lowest BCUT2D eigenvalue weighted by molar-refractivity contribution is -0.141. The van der Waals surface area contributed by atoms with E-state index in [1.807, 2.05) is 25.7 Å². The van der Waals surface area contributed by atoms with Crippen LogP contribution in [0.2, 0.25) is 0 Å². The van der Waals surface area contributed by atoms with Gasteiger partial charge in [0.1, 0.15) is 0 Å². The molecule has 0 spiro atoms. The molecule has 0 N–H and O–H groups in total. The number of carbonyl (C=O) groups is 1. The van der Waals surface area contributed by atoms with Gasteiger partial charge in [0, 0.05) is 31.6 Å². The van der Waals surface area contributed by atoms with Gasteiger partial charge < -0.3 is 4.90 Å². The number of rotatable bonds is 2. The van der Waals surface area contributed by atoms with Crippen molar-refractivity contribution in [3.8, 4) is 0 Å². The summed E-state index contributed by atoms with van der Waals surface area (Å²) in [4.78, 5) is 16.4. The van der Waals surface area contributed by atoms with Crippen molar-refractivity contribution < 1.29 is 4.79 Å². The molecule has 0 aliphatic carbocycles. The normalized spacial score (nSPS) is 19.3. The minimum Gasteiger partial charge on any atom is -0.340 e. The van der Waals surface area contributed by atoms with E-state index in [-0.39, 0.29) is 5.41 Å². The van der Waals surface area contributed by atoms with Gasteiger partial charge >= 0.3 is 0 Å². The molecule has 1 amide bonds. The first-order chi connectivity index (χ1) is 6.95. The van der Waals surface area contributed by atoms with E-state index in [9.17, 15) is 4.79 Å².